The molecule has 144 valence electrons. The standard InChI is InChI=1S/C19H20N4O2.2ClH/c20-10-16-9-14(12-25-16)19(24)21-15-6-4-13(5-7-15)17-11-23-8-2-1-3-18(23)22-17;;/h4-7,9,11-12H,1-3,8,10,20H2,(H,21,24);2*1H. The molecule has 3 heterocycles. The minimum absolute atomic E-state index is 0. The first-order valence-electron chi connectivity index (χ1n) is 8.48. The van der Waals surface area contributed by atoms with Gasteiger partial charge < -0.3 is 20.0 Å². The predicted octanol–water partition coefficient (Wildman–Crippen LogP) is 4.03. The maximum atomic E-state index is 12.2. The van der Waals surface area contributed by atoms with Crippen LogP contribution < -0.4 is 11.1 Å². The highest BCUT2D eigenvalue weighted by molar-refractivity contribution is 6.04. The van der Waals surface area contributed by atoms with Crippen molar-refractivity contribution in [2.24, 2.45) is 5.73 Å². The van der Waals surface area contributed by atoms with E-state index in [9.17, 15) is 4.79 Å². The highest BCUT2D eigenvalue weighted by atomic mass is 35.5. The Balaban J connectivity index is 0.00000131. The number of nitrogens with one attached hydrogen (secondary N) is 1. The summed E-state index contributed by atoms with van der Waals surface area (Å²) in [5, 5.41) is 2.86. The molecule has 0 atom stereocenters. The number of carbonyl (C=O) groups excluding carboxylic acids is 1. The number of imidazole rings is 1. The molecular formula is C19H22Cl2N4O2. The van der Waals surface area contributed by atoms with E-state index in [1.54, 1.807) is 6.07 Å². The van der Waals surface area contributed by atoms with Crippen molar-refractivity contribution in [3.05, 3.63) is 59.9 Å². The van der Waals surface area contributed by atoms with Gasteiger partial charge in [0.05, 0.1) is 17.8 Å². The normalized spacial score (nSPS) is 12.5. The van der Waals surface area contributed by atoms with Gasteiger partial charge in [-0.15, -0.1) is 24.8 Å². The van der Waals surface area contributed by atoms with E-state index in [1.165, 1.54) is 19.1 Å². The number of amides is 1. The minimum Gasteiger partial charge on any atom is -0.467 e. The van der Waals surface area contributed by atoms with E-state index in [0.717, 1.165) is 35.7 Å². The zero-order valence-corrected chi connectivity index (χ0v) is 16.3. The number of fused-ring (bicyclic) bond motifs is 1. The van der Waals surface area contributed by atoms with Crippen molar-refractivity contribution in [1.29, 1.82) is 0 Å². The van der Waals surface area contributed by atoms with Crippen molar-refractivity contribution in [3.8, 4) is 11.3 Å². The summed E-state index contributed by atoms with van der Waals surface area (Å²) in [4.78, 5) is 16.9. The summed E-state index contributed by atoms with van der Waals surface area (Å²) >= 11 is 0. The van der Waals surface area contributed by atoms with Gasteiger partial charge in [0.1, 0.15) is 17.8 Å². The Morgan fingerprint density at radius 3 is 2.67 bits per heavy atom. The van der Waals surface area contributed by atoms with Gasteiger partial charge >= 0.3 is 0 Å². The Bertz CT molecular complexity index is 879. The molecule has 1 aliphatic rings. The molecule has 1 amide bonds. The number of hydrogen-bond acceptors (Lipinski definition) is 4. The van der Waals surface area contributed by atoms with E-state index in [4.69, 9.17) is 15.1 Å². The first-order valence-corrected chi connectivity index (χ1v) is 8.48. The number of halogens is 2. The molecule has 2 aromatic heterocycles. The molecule has 0 unspecified atom stereocenters. The summed E-state index contributed by atoms with van der Waals surface area (Å²) in [5.74, 6) is 1.53. The Morgan fingerprint density at radius 1 is 1.22 bits per heavy atom. The largest absolute Gasteiger partial charge is 0.467 e. The molecule has 0 fully saturated rings. The van der Waals surface area contributed by atoms with Gasteiger partial charge in [0.2, 0.25) is 0 Å². The van der Waals surface area contributed by atoms with Crippen LogP contribution in [0.3, 0.4) is 0 Å². The van der Waals surface area contributed by atoms with E-state index in [-0.39, 0.29) is 37.3 Å². The van der Waals surface area contributed by atoms with E-state index >= 15 is 0 Å². The van der Waals surface area contributed by atoms with Gasteiger partial charge in [-0.2, -0.15) is 0 Å². The van der Waals surface area contributed by atoms with Crippen LogP contribution in [0.25, 0.3) is 11.3 Å². The summed E-state index contributed by atoms with van der Waals surface area (Å²) in [7, 11) is 0. The number of nitrogens with two attached hydrogens (primary N) is 1. The number of anilines is 1. The fourth-order valence-corrected chi connectivity index (χ4v) is 3.09. The summed E-state index contributed by atoms with van der Waals surface area (Å²) in [6.45, 7) is 1.32. The molecule has 0 spiro atoms. The molecule has 27 heavy (non-hydrogen) atoms. The molecule has 0 saturated carbocycles. The molecule has 1 aliphatic heterocycles. The summed E-state index contributed by atoms with van der Waals surface area (Å²) < 4.78 is 7.43. The number of carbonyl (C=O) groups is 1. The van der Waals surface area contributed by atoms with Gasteiger partial charge in [0.25, 0.3) is 5.91 Å². The summed E-state index contributed by atoms with van der Waals surface area (Å²) in [6, 6.07) is 9.37. The van der Waals surface area contributed by atoms with Gasteiger partial charge in [-0.05, 0) is 31.0 Å². The number of aryl methyl sites for hydroxylation is 2. The molecule has 4 rings (SSSR count). The number of aromatic nitrogens is 2. The fourth-order valence-electron chi connectivity index (χ4n) is 3.09. The number of rotatable bonds is 4. The number of nitrogens with zero attached hydrogens (tertiary/aromatic N) is 2. The van der Waals surface area contributed by atoms with Gasteiger partial charge in [-0.25, -0.2) is 4.98 Å². The van der Waals surface area contributed by atoms with Crippen LogP contribution in [0.5, 0.6) is 0 Å². The van der Waals surface area contributed by atoms with Crippen molar-refractivity contribution < 1.29 is 9.21 Å². The number of benzene rings is 1. The van der Waals surface area contributed by atoms with Crippen LogP contribution in [0.1, 0.15) is 34.8 Å². The molecule has 8 heteroatoms. The Kier molecular flexibility index (Phi) is 7.07. The fraction of sp³-hybridized carbons (Fsp3) is 0.263. The zero-order valence-electron chi connectivity index (χ0n) is 14.7. The van der Waals surface area contributed by atoms with Crippen LogP contribution >= 0.6 is 24.8 Å². The van der Waals surface area contributed by atoms with Crippen LogP contribution in [0.15, 0.2) is 47.2 Å². The first kappa shape index (κ1) is 21.0. The van der Waals surface area contributed by atoms with Crippen molar-refractivity contribution in [3.63, 3.8) is 0 Å². The molecule has 0 radical (unpaired) electrons. The van der Waals surface area contributed by atoms with Crippen molar-refractivity contribution in [2.75, 3.05) is 5.32 Å². The molecule has 1 aromatic carbocycles. The summed E-state index contributed by atoms with van der Waals surface area (Å²) in [5.41, 5.74) is 8.72. The minimum atomic E-state index is -0.214. The molecule has 0 saturated heterocycles. The molecule has 0 bridgehead atoms. The second-order valence-corrected chi connectivity index (χ2v) is 6.23. The van der Waals surface area contributed by atoms with Gasteiger partial charge in [-0.3, -0.25) is 4.79 Å². The van der Waals surface area contributed by atoms with E-state index in [1.807, 2.05) is 24.3 Å². The smallest absolute Gasteiger partial charge is 0.258 e. The number of hydrogen-bond donors (Lipinski definition) is 2. The molecule has 3 aromatic rings. The van der Waals surface area contributed by atoms with Gasteiger partial charge in [0.15, 0.2) is 0 Å². The Morgan fingerprint density at radius 2 is 2.00 bits per heavy atom. The van der Waals surface area contributed by atoms with Crippen LogP contribution in [0, 0.1) is 0 Å². The average molecular weight is 409 g/mol. The zero-order chi connectivity index (χ0) is 17.2. The van der Waals surface area contributed by atoms with Gasteiger partial charge in [0, 0.05) is 30.4 Å². The Hall–Kier alpha value is -2.28. The number of furan rings is 1. The predicted molar refractivity (Wildman–Crippen MR) is 110 cm³/mol. The highest BCUT2D eigenvalue weighted by Gasteiger charge is 2.14. The topological polar surface area (TPSA) is 86.1 Å². The quantitative estimate of drug-likeness (QED) is 0.681. The molecule has 3 N–H and O–H groups in total. The third kappa shape index (κ3) is 4.53. The maximum Gasteiger partial charge on any atom is 0.258 e. The molecule has 0 aliphatic carbocycles. The molecular weight excluding hydrogens is 387 g/mol. The van der Waals surface area contributed by atoms with Crippen molar-refractivity contribution in [2.45, 2.75) is 32.4 Å². The molecule has 6 nitrogen and oxygen atoms in total. The second kappa shape index (κ2) is 9.08. The van der Waals surface area contributed by atoms with Crippen molar-refractivity contribution >= 4 is 36.4 Å². The van der Waals surface area contributed by atoms with Crippen LogP contribution in [-0.4, -0.2) is 15.5 Å². The lowest BCUT2D eigenvalue weighted by Crippen LogP contribution is -2.10. The van der Waals surface area contributed by atoms with Gasteiger partial charge in [-0.1, -0.05) is 12.1 Å². The van der Waals surface area contributed by atoms with E-state index in [0.29, 0.717) is 11.3 Å². The lowest BCUT2D eigenvalue weighted by Gasteiger charge is -2.11. The third-order valence-corrected chi connectivity index (χ3v) is 4.46. The average Bonchev–Trinajstić information content (AvgIpc) is 3.29. The first-order chi connectivity index (χ1) is 12.2. The lowest BCUT2D eigenvalue weighted by atomic mass is 10.1. The highest BCUT2D eigenvalue weighted by Crippen LogP contribution is 2.24. The van der Waals surface area contributed by atoms with E-state index in [2.05, 4.69) is 16.1 Å². The maximum absolute atomic E-state index is 12.2. The second-order valence-electron chi connectivity index (χ2n) is 6.23. The van der Waals surface area contributed by atoms with Crippen LogP contribution in [-0.2, 0) is 19.5 Å². The SMILES string of the molecule is Cl.Cl.NCc1cc(C(=O)Nc2ccc(-c3cn4c(n3)CCCC4)cc2)co1. The van der Waals surface area contributed by atoms with Crippen LogP contribution in [0.2, 0.25) is 0 Å². The van der Waals surface area contributed by atoms with Crippen LogP contribution in [0.4, 0.5) is 5.69 Å². The van der Waals surface area contributed by atoms with Crippen molar-refractivity contribution in [1.82, 2.24) is 9.55 Å². The summed E-state index contributed by atoms with van der Waals surface area (Å²) in [6.07, 6.45) is 7.00. The van der Waals surface area contributed by atoms with E-state index < -0.39 is 0 Å². The lowest BCUT2D eigenvalue weighted by molar-refractivity contribution is 0.102. The Labute approximate surface area is 170 Å². The third-order valence-electron chi connectivity index (χ3n) is 4.46. The monoisotopic (exact) mass is 408 g/mol.